The van der Waals surface area contributed by atoms with E-state index in [9.17, 15) is 10.1 Å². The molecule has 3 atom stereocenters. The molecule has 1 aliphatic heterocycles. The zero-order valence-electron chi connectivity index (χ0n) is 26.1. The predicted octanol–water partition coefficient (Wildman–Crippen LogP) is 6.58. The third kappa shape index (κ3) is 4.64. The van der Waals surface area contributed by atoms with Crippen LogP contribution in [0.5, 0.6) is 0 Å². The molecule has 0 bridgehead atoms. The molecule has 4 aromatic heterocycles. The Hall–Kier alpha value is -4.49. The first-order valence-electron chi connectivity index (χ1n) is 16.1. The molecular formula is C35H39N7O3. The minimum atomic E-state index is -1.00. The number of ether oxygens (including phenoxy) is 2. The van der Waals surface area contributed by atoms with Crippen LogP contribution in [0.1, 0.15) is 81.3 Å². The maximum absolute atomic E-state index is 13.9. The number of nitrogens with one attached hydrogen (secondary N) is 1. The molecule has 5 aromatic rings. The Kier molecular flexibility index (Phi) is 7.66. The molecule has 232 valence electrons. The van der Waals surface area contributed by atoms with Gasteiger partial charge in [0, 0.05) is 34.2 Å². The number of methoxy groups -OCH3 is 1. The molecule has 7 rings (SSSR count). The summed E-state index contributed by atoms with van der Waals surface area (Å²) in [6, 6.07) is 9.93. The first-order chi connectivity index (χ1) is 22.0. The van der Waals surface area contributed by atoms with Crippen LogP contribution in [0.4, 0.5) is 0 Å². The maximum Gasteiger partial charge on any atom is 0.332 e. The fraction of sp³-hybridized carbons (Fsp3) is 0.457. The average Bonchev–Trinajstić information content (AvgIpc) is 3.90. The van der Waals surface area contributed by atoms with Gasteiger partial charge in [-0.25, -0.2) is 14.8 Å². The van der Waals surface area contributed by atoms with Crippen molar-refractivity contribution in [2.24, 2.45) is 5.92 Å². The Morgan fingerprint density at radius 2 is 2.07 bits per heavy atom. The van der Waals surface area contributed by atoms with Gasteiger partial charge in [-0.15, -0.1) is 0 Å². The molecule has 5 heterocycles. The van der Waals surface area contributed by atoms with Crippen LogP contribution in [0, 0.1) is 17.2 Å². The van der Waals surface area contributed by atoms with Gasteiger partial charge in [-0.3, -0.25) is 4.68 Å². The van der Waals surface area contributed by atoms with Crippen molar-refractivity contribution >= 4 is 27.9 Å². The molecule has 1 N–H and O–H groups in total. The number of H-pyrrole nitrogens is 1. The first-order valence-corrected chi connectivity index (χ1v) is 16.1. The van der Waals surface area contributed by atoms with Gasteiger partial charge in [-0.2, -0.15) is 10.4 Å². The fourth-order valence-electron chi connectivity index (χ4n) is 7.95. The predicted molar refractivity (Wildman–Crippen MR) is 170 cm³/mol. The van der Waals surface area contributed by atoms with E-state index in [2.05, 4.69) is 48.1 Å². The van der Waals surface area contributed by atoms with Crippen LogP contribution in [0.25, 0.3) is 33.2 Å². The van der Waals surface area contributed by atoms with Gasteiger partial charge in [0.05, 0.1) is 49.8 Å². The molecule has 0 amide bonds. The quantitative estimate of drug-likeness (QED) is 0.188. The summed E-state index contributed by atoms with van der Waals surface area (Å²) in [6.45, 7) is 4.70. The second-order valence-electron chi connectivity index (χ2n) is 12.3. The number of para-hydroxylation sites is 1. The summed E-state index contributed by atoms with van der Waals surface area (Å²) < 4.78 is 16.0. The van der Waals surface area contributed by atoms with Crippen molar-refractivity contribution in [2.75, 3.05) is 13.7 Å². The van der Waals surface area contributed by atoms with E-state index < -0.39 is 17.6 Å². The zero-order chi connectivity index (χ0) is 31.1. The molecule has 2 unspecified atom stereocenters. The minimum Gasteiger partial charge on any atom is -0.467 e. The maximum atomic E-state index is 13.9. The number of nitriles is 1. The van der Waals surface area contributed by atoms with E-state index in [4.69, 9.17) is 19.6 Å². The lowest BCUT2D eigenvalue weighted by atomic mass is 9.82. The number of nitrogens with zero attached hydrogens (tertiary/aromatic N) is 6. The molecule has 1 fully saturated rings. The van der Waals surface area contributed by atoms with E-state index >= 15 is 0 Å². The van der Waals surface area contributed by atoms with Gasteiger partial charge < -0.3 is 19.0 Å². The molecule has 1 saturated carbocycles. The summed E-state index contributed by atoms with van der Waals surface area (Å²) in [4.78, 5) is 26.9. The topological polar surface area (TPSA) is 124 Å². The molecule has 45 heavy (non-hydrogen) atoms. The number of aromatic nitrogens is 6. The molecule has 0 radical (unpaired) electrons. The Labute approximate surface area is 262 Å². The Bertz CT molecular complexity index is 1910. The third-order valence-corrected chi connectivity index (χ3v) is 10.2. The summed E-state index contributed by atoms with van der Waals surface area (Å²) >= 11 is 0. The van der Waals surface area contributed by atoms with E-state index in [1.54, 1.807) is 0 Å². The molecule has 10 nitrogen and oxygen atoms in total. The van der Waals surface area contributed by atoms with Crippen LogP contribution in [-0.2, 0) is 32.7 Å². The Morgan fingerprint density at radius 3 is 2.82 bits per heavy atom. The number of benzene rings is 1. The van der Waals surface area contributed by atoms with Crippen LogP contribution in [0.3, 0.4) is 0 Å². The number of fused-ring (bicyclic) bond motifs is 4. The first kappa shape index (κ1) is 29.2. The van der Waals surface area contributed by atoms with Gasteiger partial charge in [0.25, 0.3) is 0 Å². The lowest BCUT2D eigenvalue weighted by Gasteiger charge is -2.42. The summed E-state index contributed by atoms with van der Waals surface area (Å²) in [5.74, 6) is 0.0499. The molecule has 10 heteroatoms. The van der Waals surface area contributed by atoms with Crippen LogP contribution in [0.2, 0.25) is 0 Å². The van der Waals surface area contributed by atoms with Crippen LogP contribution < -0.4 is 0 Å². The second kappa shape index (κ2) is 11.8. The van der Waals surface area contributed by atoms with Gasteiger partial charge in [0.15, 0.2) is 6.04 Å². The SMILES string of the molecule is CCc1cccc2c3c([nH]c12)C(CC)(C(C(=O)OC)n1ccc2c(-c4cnn([C@H](CC#N)C5CCCC5)c4)ncnc21)OCC3. The number of rotatable bonds is 9. The summed E-state index contributed by atoms with van der Waals surface area (Å²) in [6.07, 6.45) is 14.5. The van der Waals surface area contributed by atoms with Crippen molar-refractivity contribution in [3.63, 3.8) is 0 Å². The number of esters is 1. The molecule has 1 aromatic carbocycles. The highest BCUT2D eigenvalue weighted by molar-refractivity contribution is 5.92. The summed E-state index contributed by atoms with van der Waals surface area (Å²) in [7, 11) is 1.42. The number of hydrogen-bond acceptors (Lipinski definition) is 7. The molecule has 0 saturated heterocycles. The van der Waals surface area contributed by atoms with Crippen LogP contribution in [-0.4, -0.2) is 49.0 Å². The molecular weight excluding hydrogens is 566 g/mol. The lowest BCUT2D eigenvalue weighted by molar-refractivity contribution is -0.164. The van der Waals surface area contributed by atoms with Crippen molar-refractivity contribution in [2.45, 2.75) is 82.9 Å². The van der Waals surface area contributed by atoms with Gasteiger partial charge in [0.1, 0.15) is 17.6 Å². The number of carbonyl (C=O) groups excluding carboxylic acids is 1. The monoisotopic (exact) mass is 605 g/mol. The Balaban J connectivity index is 1.34. The summed E-state index contributed by atoms with van der Waals surface area (Å²) in [5, 5.41) is 16.2. The van der Waals surface area contributed by atoms with Crippen molar-refractivity contribution in [3.05, 3.63) is 66.0 Å². The van der Waals surface area contributed by atoms with Crippen LogP contribution in [0.15, 0.2) is 49.2 Å². The standard InChI is InChI=1S/C35H39N7O3/c1-4-22-11-8-12-25-26-15-18-45-35(5-2,31(26)40-30(22)25)32(34(43)44-3)41-17-14-27-29(37-21-38-33(27)41)24-19-39-42(20-24)28(13-16-36)23-9-6-7-10-23/h8,11-12,14,17,19-21,23,28,32,40H,4-7,9-10,13,15,18H2,1-3H3/t28-,32?,35?/m1/s1. The van der Waals surface area contributed by atoms with Crippen molar-refractivity contribution in [1.29, 1.82) is 5.26 Å². The van der Waals surface area contributed by atoms with E-state index in [-0.39, 0.29) is 6.04 Å². The fourth-order valence-corrected chi connectivity index (χ4v) is 7.95. The highest BCUT2D eigenvalue weighted by Gasteiger charge is 2.51. The van der Waals surface area contributed by atoms with E-state index in [0.717, 1.165) is 53.5 Å². The average molecular weight is 606 g/mol. The van der Waals surface area contributed by atoms with Crippen molar-refractivity contribution < 1.29 is 14.3 Å². The third-order valence-electron chi connectivity index (χ3n) is 10.2. The highest BCUT2D eigenvalue weighted by atomic mass is 16.5. The van der Waals surface area contributed by atoms with Crippen molar-refractivity contribution in [1.82, 2.24) is 29.3 Å². The largest absolute Gasteiger partial charge is 0.467 e. The van der Waals surface area contributed by atoms with Gasteiger partial charge in [-0.05, 0) is 55.2 Å². The zero-order valence-corrected chi connectivity index (χ0v) is 26.1. The van der Waals surface area contributed by atoms with Gasteiger partial charge in [0.2, 0.25) is 0 Å². The number of aryl methyl sites for hydroxylation is 1. The van der Waals surface area contributed by atoms with Crippen LogP contribution >= 0.6 is 0 Å². The highest BCUT2D eigenvalue weighted by Crippen LogP contribution is 2.48. The number of hydrogen-bond donors (Lipinski definition) is 1. The van der Waals surface area contributed by atoms with E-state index in [1.807, 2.05) is 33.9 Å². The smallest absolute Gasteiger partial charge is 0.332 e. The molecule has 1 aliphatic carbocycles. The molecule has 2 aliphatic rings. The minimum absolute atomic E-state index is 0.0449. The van der Waals surface area contributed by atoms with Gasteiger partial charge in [-0.1, -0.05) is 44.9 Å². The number of aromatic amines is 1. The second-order valence-corrected chi connectivity index (χ2v) is 12.3. The number of carbonyl (C=O) groups is 1. The van der Waals surface area contributed by atoms with E-state index in [1.165, 1.54) is 42.8 Å². The lowest BCUT2D eigenvalue weighted by Crippen LogP contribution is -2.47. The summed E-state index contributed by atoms with van der Waals surface area (Å²) in [5.41, 5.74) is 5.63. The Morgan fingerprint density at radius 1 is 1.22 bits per heavy atom. The normalized spacial score (nSPS) is 19.9. The van der Waals surface area contributed by atoms with E-state index in [0.29, 0.717) is 31.0 Å². The molecule has 0 spiro atoms. The van der Waals surface area contributed by atoms with Gasteiger partial charge >= 0.3 is 5.97 Å². The van der Waals surface area contributed by atoms with Crippen molar-refractivity contribution in [3.8, 4) is 17.3 Å².